The smallest absolute Gasteiger partial charge is 0.253 e. The standard InChI is InChI=1S/C28H36N4OS/c1-5-23-15-22(11-13-29-23)28-31-25(18-34-28)26-16-24(27(33)30-17-19(2)3)20(4)32(26)14-12-21-9-7-6-8-10-21/h9,11,13,15-16,18-19H,5-8,10,12,14,17H2,1-4H3,(H,30,33). The van der Waals surface area contributed by atoms with Gasteiger partial charge < -0.3 is 9.88 Å². The van der Waals surface area contributed by atoms with Gasteiger partial charge in [-0.05, 0) is 69.6 Å². The van der Waals surface area contributed by atoms with E-state index in [4.69, 9.17) is 4.98 Å². The molecule has 0 unspecified atom stereocenters. The lowest BCUT2D eigenvalue weighted by Crippen LogP contribution is -2.27. The van der Waals surface area contributed by atoms with Gasteiger partial charge >= 0.3 is 0 Å². The first-order valence-corrected chi connectivity index (χ1v) is 13.4. The van der Waals surface area contributed by atoms with Crippen molar-refractivity contribution in [2.24, 2.45) is 5.92 Å². The van der Waals surface area contributed by atoms with Gasteiger partial charge in [0.1, 0.15) is 5.01 Å². The molecule has 180 valence electrons. The van der Waals surface area contributed by atoms with Crippen molar-refractivity contribution in [3.05, 3.63) is 58.4 Å². The summed E-state index contributed by atoms with van der Waals surface area (Å²) in [5.74, 6) is 0.416. The molecule has 5 nitrogen and oxygen atoms in total. The first-order valence-electron chi connectivity index (χ1n) is 12.5. The van der Waals surface area contributed by atoms with Crippen LogP contribution in [0.1, 0.15) is 74.6 Å². The van der Waals surface area contributed by atoms with Crippen molar-refractivity contribution in [2.45, 2.75) is 72.8 Å². The molecule has 1 N–H and O–H groups in total. The minimum atomic E-state index is 0.000237. The van der Waals surface area contributed by atoms with Crippen LogP contribution in [0.15, 0.2) is 41.4 Å². The van der Waals surface area contributed by atoms with Crippen LogP contribution in [0.3, 0.4) is 0 Å². The number of aromatic nitrogens is 3. The molecule has 0 saturated heterocycles. The summed E-state index contributed by atoms with van der Waals surface area (Å²) >= 11 is 1.65. The van der Waals surface area contributed by atoms with Crippen LogP contribution in [-0.4, -0.2) is 27.0 Å². The summed E-state index contributed by atoms with van der Waals surface area (Å²) in [6.07, 6.45) is 11.2. The molecular formula is C28H36N4OS. The minimum absolute atomic E-state index is 0.000237. The molecule has 34 heavy (non-hydrogen) atoms. The fraction of sp³-hybridized carbons (Fsp3) is 0.464. The number of nitrogens with zero attached hydrogens (tertiary/aromatic N) is 3. The lowest BCUT2D eigenvalue weighted by Gasteiger charge is -2.16. The molecule has 1 amide bonds. The molecule has 1 aliphatic carbocycles. The van der Waals surface area contributed by atoms with Crippen LogP contribution >= 0.6 is 11.3 Å². The van der Waals surface area contributed by atoms with Crippen molar-refractivity contribution in [1.29, 1.82) is 0 Å². The number of aryl methyl sites for hydroxylation is 1. The molecule has 0 fully saturated rings. The maximum absolute atomic E-state index is 13.0. The van der Waals surface area contributed by atoms with Gasteiger partial charge in [0.15, 0.2) is 0 Å². The van der Waals surface area contributed by atoms with Gasteiger partial charge in [0, 0.05) is 41.6 Å². The summed E-state index contributed by atoms with van der Waals surface area (Å²) < 4.78 is 2.29. The quantitative estimate of drug-likeness (QED) is 0.345. The normalized spacial score (nSPS) is 13.9. The molecule has 0 saturated carbocycles. The number of carbonyl (C=O) groups excluding carboxylic acids is 1. The van der Waals surface area contributed by atoms with Gasteiger partial charge in [-0.1, -0.05) is 32.4 Å². The van der Waals surface area contributed by atoms with Crippen LogP contribution in [0.5, 0.6) is 0 Å². The number of nitrogens with one attached hydrogen (secondary N) is 1. The Labute approximate surface area is 207 Å². The molecule has 0 bridgehead atoms. The minimum Gasteiger partial charge on any atom is -0.352 e. The number of hydrogen-bond donors (Lipinski definition) is 1. The van der Waals surface area contributed by atoms with Crippen LogP contribution in [0.2, 0.25) is 0 Å². The predicted octanol–water partition coefficient (Wildman–Crippen LogP) is 6.82. The molecule has 0 atom stereocenters. The average molecular weight is 477 g/mol. The topological polar surface area (TPSA) is 59.8 Å². The van der Waals surface area contributed by atoms with Crippen molar-refractivity contribution in [3.63, 3.8) is 0 Å². The van der Waals surface area contributed by atoms with E-state index >= 15 is 0 Å². The third-order valence-corrected chi connectivity index (χ3v) is 7.41. The fourth-order valence-corrected chi connectivity index (χ4v) is 5.29. The molecule has 0 aliphatic heterocycles. The largest absolute Gasteiger partial charge is 0.352 e. The van der Waals surface area contributed by atoms with E-state index in [0.29, 0.717) is 12.5 Å². The second kappa shape index (κ2) is 11.1. The SMILES string of the molecule is CCc1cc(-c2nc(-c3cc(C(=O)NCC(C)C)c(C)n3CCC3=CCCCC3)cs2)ccn1. The second-order valence-corrected chi connectivity index (χ2v) is 10.4. The van der Waals surface area contributed by atoms with Crippen molar-refractivity contribution in [3.8, 4) is 22.0 Å². The molecule has 3 aromatic rings. The van der Waals surface area contributed by atoms with E-state index < -0.39 is 0 Å². The summed E-state index contributed by atoms with van der Waals surface area (Å²) in [5.41, 5.74) is 7.42. The Balaban J connectivity index is 1.66. The molecule has 0 radical (unpaired) electrons. The van der Waals surface area contributed by atoms with Crippen LogP contribution in [-0.2, 0) is 13.0 Å². The zero-order valence-electron chi connectivity index (χ0n) is 20.9. The fourth-order valence-electron chi connectivity index (χ4n) is 4.48. The number of carbonyl (C=O) groups is 1. The van der Waals surface area contributed by atoms with Crippen LogP contribution in [0, 0.1) is 12.8 Å². The van der Waals surface area contributed by atoms with Gasteiger partial charge in [0.2, 0.25) is 0 Å². The molecular weight excluding hydrogens is 440 g/mol. The van der Waals surface area contributed by atoms with Crippen molar-refractivity contribution >= 4 is 17.2 Å². The molecule has 0 aromatic carbocycles. The maximum Gasteiger partial charge on any atom is 0.253 e. The van der Waals surface area contributed by atoms with Crippen molar-refractivity contribution in [1.82, 2.24) is 19.9 Å². The van der Waals surface area contributed by atoms with E-state index in [9.17, 15) is 4.79 Å². The molecule has 1 aliphatic rings. The third kappa shape index (κ3) is 5.66. The Bertz CT molecular complexity index is 1170. The van der Waals surface area contributed by atoms with E-state index in [1.165, 1.54) is 25.7 Å². The van der Waals surface area contributed by atoms with E-state index in [0.717, 1.165) is 58.3 Å². The number of thiazole rings is 1. The van der Waals surface area contributed by atoms with Gasteiger partial charge in [-0.3, -0.25) is 9.78 Å². The third-order valence-electron chi connectivity index (χ3n) is 6.52. The zero-order chi connectivity index (χ0) is 24.1. The first-order chi connectivity index (χ1) is 16.5. The highest BCUT2D eigenvalue weighted by atomic mass is 32.1. The van der Waals surface area contributed by atoms with E-state index in [1.807, 2.05) is 18.3 Å². The van der Waals surface area contributed by atoms with Gasteiger partial charge in [0.25, 0.3) is 5.91 Å². The zero-order valence-corrected chi connectivity index (χ0v) is 21.7. The highest BCUT2D eigenvalue weighted by molar-refractivity contribution is 7.13. The Morgan fingerprint density at radius 3 is 2.85 bits per heavy atom. The number of amides is 1. The highest BCUT2D eigenvalue weighted by Gasteiger charge is 2.21. The van der Waals surface area contributed by atoms with Crippen LogP contribution < -0.4 is 5.32 Å². The van der Waals surface area contributed by atoms with Crippen LogP contribution in [0.4, 0.5) is 0 Å². The van der Waals surface area contributed by atoms with Gasteiger partial charge in [-0.25, -0.2) is 4.98 Å². The Morgan fingerprint density at radius 2 is 2.12 bits per heavy atom. The summed E-state index contributed by atoms with van der Waals surface area (Å²) in [5, 5.41) is 6.19. The molecule has 4 rings (SSSR count). The number of allylic oxidation sites excluding steroid dienone is 2. The summed E-state index contributed by atoms with van der Waals surface area (Å²) in [4.78, 5) is 22.4. The Hall–Kier alpha value is -2.73. The number of pyridine rings is 1. The van der Waals surface area contributed by atoms with E-state index in [1.54, 1.807) is 16.9 Å². The number of hydrogen-bond acceptors (Lipinski definition) is 4. The maximum atomic E-state index is 13.0. The second-order valence-electron chi connectivity index (χ2n) is 9.57. The predicted molar refractivity (Wildman–Crippen MR) is 141 cm³/mol. The first kappa shape index (κ1) is 24.4. The summed E-state index contributed by atoms with van der Waals surface area (Å²) in [7, 11) is 0. The lowest BCUT2D eigenvalue weighted by atomic mass is 9.97. The molecule has 0 spiro atoms. The van der Waals surface area contributed by atoms with Gasteiger partial charge in [-0.15, -0.1) is 11.3 Å². The average Bonchev–Trinajstić information content (AvgIpc) is 3.47. The Kier molecular flexibility index (Phi) is 7.99. The Morgan fingerprint density at radius 1 is 1.26 bits per heavy atom. The van der Waals surface area contributed by atoms with E-state index in [-0.39, 0.29) is 5.91 Å². The van der Waals surface area contributed by atoms with Crippen molar-refractivity contribution < 1.29 is 4.79 Å². The van der Waals surface area contributed by atoms with Gasteiger partial charge in [-0.2, -0.15) is 0 Å². The monoisotopic (exact) mass is 476 g/mol. The summed E-state index contributed by atoms with van der Waals surface area (Å²) in [6.45, 7) is 9.94. The van der Waals surface area contributed by atoms with Crippen molar-refractivity contribution in [2.75, 3.05) is 6.54 Å². The van der Waals surface area contributed by atoms with Gasteiger partial charge in [0.05, 0.1) is 17.0 Å². The lowest BCUT2D eigenvalue weighted by molar-refractivity contribution is 0.0948. The molecule has 3 aromatic heterocycles. The molecule has 3 heterocycles. The highest BCUT2D eigenvalue weighted by Crippen LogP contribution is 2.32. The molecule has 6 heteroatoms. The van der Waals surface area contributed by atoms with E-state index in [2.05, 4.69) is 60.1 Å². The number of rotatable bonds is 9. The van der Waals surface area contributed by atoms with Crippen LogP contribution in [0.25, 0.3) is 22.0 Å². The summed E-state index contributed by atoms with van der Waals surface area (Å²) in [6, 6.07) is 6.17.